The first-order chi connectivity index (χ1) is 18.0. The lowest BCUT2D eigenvalue weighted by Gasteiger charge is -2.37. The summed E-state index contributed by atoms with van der Waals surface area (Å²) in [4.78, 5) is 20.5. The van der Waals surface area contributed by atoms with Crippen molar-refractivity contribution in [2.24, 2.45) is 7.05 Å². The van der Waals surface area contributed by atoms with Gasteiger partial charge >= 0.3 is 0 Å². The maximum Gasteiger partial charge on any atom is 0.274 e. The molecule has 0 spiro atoms. The molecule has 1 fully saturated rings. The summed E-state index contributed by atoms with van der Waals surface area (Å²) in [5.74, 6) is -0.318. The molecule has 0 radical (unpaired) electrons. The summed E-state index contributed by atoms with van der Waals surface area (Å²) in [7, 11) is -0.0447. The third-order valence-electron chi connectivity index (χ3n) is 6.41. The minimum absolute atomic E-state index is 0.0554. The van der Waals surface area contributed by atoms with Crippen molar-refractivity contribution in [3.8, 4) is 5.19 Å². The molecule has 5 rings (SSSR count). The van der Waals surface area contributed by atoms with Gasteiger partial charge in [-0.1, -0.05) is 11.3 Å². The highest BCUT2D eigenvalue weighted by molar-refractivity contribution is 7.88. The second-order valence-corrected chi connectivity index (χ2v) is 12.6. The molecule has 4 aromatic rings. The number of ether oxygens (including phenoxy) is 1. The summed E-state index contributed by atoms with van der Waals surface area (Å²) < 4.78 is 33.9. The van der Waals surface area contributed by atoms with Gasteiger partial charge in [0.05, 0.1) is 34.8 Å². The van der Waals surface area contributed by atoms with E-state index in [0.717, 1.165) is 35.1 Å². The Morgan fingerprint density at radius 3 is 2.63 bits per heavy atom. The molecule has 0 bridgehead atoms. The number of carbonyl (C=O) groups is 1. The topological polar surface area (TPSA) is 130 Å². The number of aryl methyl sites for hydroxylation is 1. The monoisotopic (exact) mass is 557 g/mol. The highest BCUT2D eigenvalue weighted by Crippen LogP contribution is 2.38. The van der Waals surface area contributed by atoms with Crippen molar-refractivity contribution in [3.63, 3.8) is 0 Å². The van der Waals surface area contributed by atoms with Crippen LogP contribution in [0.4, 0.5) is 11.4 Å². The molecule has 2 aromatic carbocycles. The van der Waals surface area contributed by atoms with Crippen LogP contribution in [0, 0.1) is 0 Å². The first kappa shape index (κ1) is 26.4. The smallest absolute Gasteiger partial charge is 0.274 e. The Hall–Kier alpha value is -3.26. The Balaban J connectivity index is 1.50. The van der Waals surface area contributed by atoms with Gasteiger partial charge in [0, 0.05) is 56.0 Å². The molecule has 3 heterocycles. The average Bonchev–Trinajstić information content (AvgIpc) is 3.43. The SMILES string of the molecule is COc1nc2c(C(=O)Nc3cc(CNS(C)(=O)=O)c4nn(C)cc4c3)ccc(N3C[C@H](C)N[C@@H](C)C3)c2s1. The van der Waals surface area contributed by atoms with Crippen LogP contribution >= 0.6 is 11.3 Å². The molecule has 0 saturated carbocycles. The average molecular weight is 558 g/mol. The predicted molar refractivity (Wildman–Crippen MR) is 151 cm³/mol. The molecule has 38 heavy (non-hydrogen) atoms. The highest BCUT2D eigenvalue weighted by atomic mass is 32.2. The summed E-state index contributed by atoms with van der Waals surface area (Å²) in [6.45, 7) is 6.07. The number of thiazole rings is 1. The summed E-state index contributed by atoms with van der Waals surface area (Å²) >= 11 is 1.42. The van der Waals surface area contributed by atoms with Gasteiger partial charge in [0.1, 0.15) is 5.52 Å². The number of methoxy groups -OCH3 is 1. The van der Waals surface area contributed by atoms with Crippen molar-refractivity contribution in [2.75, 3.05) is 36.7 Å². The number of aromatic nitrogens is 3. The van der Waals surface area contributed by atoms with Crippen LogP contribution in [0.2, 0.25) is 0 Å². The summed E-state index contributed by atoms with van der Waals surface area (Å²) in [5, 5.41) is 12.2. The Labute approximate surface area is 225 Å². The zero-order valence-electron chi connectivity index (χ0n) is 21.9. The van der Waals surface area contributed by atoms with Crippen LogP contribution in [-0.2, 0) is 23.6 Å². The Bertz CT molecular complexity index is 1620. The number of anilines is 2. The molecule has 1 amide bonds. The first-order valence-electron chi connectivity index (χ1n) is 12.2. The van der Waals surface area contributed by atoms with Crippen molar-refractivity contribution in [1.29, 1.82) is 0 Å². The number of benzene rings is 2. The molecular weight excluding hydrogens is 526 g/mol. The fourth-order valence-corrected chi connectivity index (χ4v) is 6.32. The lowest BCUT2D eigenvalue weighted by Crippen LogP contribution is -2.54. The van der Waals surface area contributed by atoms with E-state index in [1.54, 1.807) is 31.0 Å². The number of hydrogen-bond donors (Lipinski definition) is 3. The molecule has 0 aliphatic carbocycles. The first-order valence-corrected chi connectivity index (χ1v) is 14.9. The predicted octanol–water partition coefficient (Wildman–Crippen LogP) is 2.68. The van der Waals surface area contributed by atoms with Crippen LogP contribution in [0.1, 0.15) is 29.8 Å². The molecular formula is C25H31N7O4S2. The van der Waals surface area contributed by atoms with Gasteiger partial charge in [-0.15, -0.1) is 0 Å². The molecule has 2 atom stereocenters. The summed E-state index contributed by atoms with van der Waals surface area (Å²) in [5.41, 5.74) is 3.90. The lowest BCUT2D eigenvalue weighted by atomic mass is 10.1. The normalized spacial score (nSPS) is 18.3. The number of sulfonamides is 1. The maximum absolute atomic E-state index is 13.5. The van der Waals surface area contributed by atoms with Crippen LogP contribution in [-0.4, -0.2) is 67.6 Å². The van der Waals surface area contributed by atoms with E-state index in [2.05, 4.69) is 44.2 Å². The van der Waals surface area contributed by atoms with Crippen LogP contribution < -0.4 is 25.0 Å². The van der Waals surface area contributed by atoms with E-state index in [0.29, 0.717) is 45.1 Å². The third kappa shape index (κ3) is 5.46. The molecule has 11 nitrogen and oxygen atoms in total. The molecule has 13 heteroatoms. The second-order valence-electron chi connectivity index (χ2n) is 9.79. The summed E-state index contributed by atoms with van der Waals surface area (Å²) in [6, 6.07) is 8.01. The number of fused-ring (bicyclic) bond motifs is 2. The van der Waals surface area contributed by atoms with Crippen LogP contribution in [0.25, 0.3) is 21.1 Å². The standard InChI is InChI=1S/C25H31N7O4S2/c1-14-11-32(12-15(2)27-14)20-7-6-19(22-23(20)37-25(29-22)36-4)24(33)28-18-8-16(10-26-38(5,34)35)21-17(9-18)13-31(3)30-21/h6-9,13-15,26-27H,10-12H2,1-5H3,(H,28,33)/t14-,15-/m0/s1. The number of amides is 1. The fraction of sp³-hybridized carbons (Fsp3) is 0.400. The van der Waals surface area contributed by atoms with Gasteiger partial charge in [-0.3, -0.25) is 9.48 Å². The Morgan fingerprint density at radius 1 is 1.21 bits per heavy atom. The minimum Gasteiger partial charge on any atom is -0.473 e. The number of hydrogen-bond acceptors (Lipinski definition) is 9. The van der Waals surface area contributed by atoms with Gasteiger partial charge in [-0.25, -0.2) is 18.1 Å². The number of nitrogens with zero attached hydrogens (tertiary/aromatic N) is 4. The zero-order chi connectivity index (χ0) is 27.2. The Morgan fingerprint density at radius 2 is 1.95 bits per heavy atom. The van der Waals surface area contributed by atoms with Crippen molar-refractivity contribution in [1.82, 2.24) is 24.8 Å². The Kier molecular flexibility index (Phi) is 7.03. The van der Waals surface area contributed by atoms with E-state index in [4.69, 9.17) is 4.74 Å². The molecule has 2 aromatic heterocycles. The van der Waals surface area contributed by atoms with Gasteiger partial charge in [-0.05, 0) is 43.7 Å². The maximum atomic E-state index is 13.5. The molecule has 3 N–H and O–H groups in total. The van der Waals surface area contributed by atoms with Crippen LogP contribution in [0.5, 0.6) is 5.19 Å². The van der Waals surface area contributed by atoms with E-state index in [9.17, 15) is 13.2 Å². The van der Waals surface area contributed by atoms with Gasteiger partial charge in [0.25, 0.3) is 11.1 Å². The van der Waals surface area contributed by atoms with Crippen molar-refractivity contribution in [2.45, 2.75) is 32.5 Å². The van der Waals surface area contributed by atoms with E-state index in [1.165, 1.54) is 11.3 Å². The fourth-order valence-electron chi connectivity index (χ4n) is 4.96. The molecule has 202 valence electrons. The number of piperazine rings is 1. The molecule has 1 saturated heterocycles. The quantitative estimate of drug-likeness (QED) is 0.316. The van der Waals surface area contributed by atoms with Crippen LogP contribution in [0.15, 0.2) is 30.5 Å². The van der Waals surface area contributed by atoms with Crippen LogP contribution in [0.3, 0.4) is 0 Å². The number of rotatable bonds is 7. The lowest BCUT2D eigenvalue weighted by molar-refractivity contribution is 0.102. The van der Waals surface area contributed by atoms with E-state index in [1.807, 2.05) is 18.3 Å². The van der Waals surface area contributed by atoms with Gasteiger partial charge in [0.2, 0.25) is 10.0 Å². The van der Waals surface area contributed by atoms with E-state index >= 15 is 0 Å². The molecule has 1 aliphatic heterocycles. The van der Waals surface area contributed by atoms with Gasteiger partial charge in [0.15, 0.2) is 0 Å². The van der Waals surface area contributed by atoms with Crippen molar-refractivity contribution >= 4 is 59.8 Å². The largest absolute Gasteiger partial charge is 0.473 e. The molecule has 0 unspecified atom stereocenters. The number of nitrogens with one attached hydrogen (secondary N) is 3. The highest BCUT2D eigenvalue weighted by Gasteiger charge is 2.26. The molecule has 1 aliphatic rings. The van der Waals surface area contributed by atoms with E-state index in [-0.39, 0.29) is 12.5 Å². The third-order valence-corrected chi connectivity index (χ3v) is 8.11. The van der Waals surface area contributed by atoms with Gasteiger partial charge < -0.3 is 20.3 Å². The van der Waals surface area contributed by atoms with Crippen molar-refractivity contribution in [3.05, 3.63) is 41.6 Å². The number of carbonyl (C=O) groups excluding carboxylic acids is 1. The van der Waals surface area contributed by atoms with Gasteiger partial charge in [-0.2, -0.15) is 5.10 Å². The summed E-state index contributed by atoms with van der Waals surface area (Å²) in [6.07, 6.45) is 2.93. The second kappa shape index (κ2) is 10.1. The minimum atomic E-state index is -3.41. The van der Waals surface area contributed by atoms with E-state index < -0.39 is 10.0 Å². The zero-order valence-corrected chi connectivity index (χ0v) is 23.5. The van der Waals surface area contributed by atoms with Crippen molar-refractivity contribution < 1.29 is 17.9 Å².